The molecular formula is C18H21F5N2OS. The molecule has 27 heavy (non-hydrogen) atoms. The summed E-state index contributed by atoms with van der Waals surface area (Å²) in [4.78, 5) is 2.63. The zero-order chi connectivity index (χ0) is 20.2. The van der Waals surface area contributed by atoms with E-state index in [1.165, 1.54) is 6.07 Å². The van der Waals surface area contributed by atoms with Gasteiger partial charge in [0.2, 0.25) is 0 Å². The Kier molecular flexibility index (Phi) is 4.10. The van der Waals surface area contributed by atoms with Gasteiger partial charge in [0.05, 0.1) is 24.3 Å². The number of benzene rings is 1. The van der Waals surface area contributed by atoms with Crippen LogP contribution in [0, 0.1) is 6.92 Å². The smallest absolute Gasteiger partial charge is 0.310 e. The number of ether oxygens (including phenoxy) is 1. The highest BCUT2D eigenvalue weighted by molar-refractivity contribution is 8.45. The molecule has 0 saturated carbocycles. The summed E-state index contributed by atoms with van der Waals surface area (Å²) < 4.78 is 70.6. The van der Waals surface area contributed by atoms with E-state index in [9.17, 15) is 19.4 Å². The lowest BCUT2D eigenvalue weighted by Gasteiger charge is -2.40. The van der Waals surface area contributed by atoms with E-state index in [0.29, 0.717) is 31.0 Å². The zero-order valence-electron chi connectivity index (χ0n) is 15.1. The number of hydrogen-bond donors (Lipinski definition) is 1. The molecule has 1 unspecified atom stereocenters. The maximum atomic E-state index is 13.1. The maximum Gasteiger partial charge on any atom is 0.310 e. The van der Waals surface area contributed by atoms with E-state index in [2.05, 4.69) is 10.3 Å². The van der Waals surface area contributed by atoms with Gasteiger partial charge in [-0.1, -0.05) is 31.6 Å². The third-order valence-corrected chi connectivity index (χ3v) is 5.74. The first-order valence-corrected chi connectivity index (χ1v) is 10.3. The van der Waals surface area contributed by atoms with Crippen LogP contribution in [0.1, 0.15) is 36.8 Å². The highest BCUT2D eigenvalue weighted by Gasteiger charge is 2.65. The van der Waals surface area contributed by atoms with Crippen molar-refractivity contribution < 1.29 is 24.2 Å². The van der Waals surface area contributed by atoms with Crippen molar-refractivity contribution in [1.29, 1.82) is 0 Å². The number of hydrogen-bond acceptors (Lipinski definition) is 3. The van der Waals surface area contributed by atoms with E-state index < -0.39 is 21.2 Å². The first-order valence-electron chi connectivity index (χ1n) is 8.34. The Hall–Kier alpha value is -1.87. The highest BCUT2D eigenvalue weighted by Crippen LogP contribution is 3.02. The second-order valence-corrected chi connectivity index (χ2v) is 9.75. The van der Waals surface area contributed by atoms with Crippen LogP contribution in [0.25, 0.3) is 0 Å². The molecule has 150 valence electrons. The van der Waals surface area contributed by atoms with Crippen molar-refractivity contribution >= 4 is 15.9 Å². The van der Waals surface area contributed by atoms with Gasteiger partial charge in [0, 0.05) is 17.4 Å². The second kappa shape index (κ2) is 5.57. The van der Waals surface area contributed by atoms with Crippen molar-refractivity contribution in [2.45, 2.75) is 37.1 Å². The van der Waals surface area contributed by atoms with Crippen molar-refractivity contribution in [2.75, 3.05) is 18.5 Å². The summed E-state index contributed by atoms with van der Waals surface area (Å²) in [6.07, 6.45) is 0. The standard InChI is InChI=1S/C18H21F5N2OS/c1-12-7-15(9-17(24-12)18(3)10-26-11-18)25-13(2)14-5-4-6-16(8-14)27(19,20,21,22)23/h4-9,13H,10-11H2,1-3H3,(H,24,25). The first kappa shape index (κ1) is 19.9. The molecule has 3 nitrogen and oxygen atoms in total. The Morgan fingerprint density at radius 2 is 1.78 bits per heavy atom. The number of aromatic nitrogens is 1. The molecule has 1 aromatic carbocycles. The van der Waals surface area contributed by atoms with Crippen LogP contribution in [0.5, 0.6) is 0 Å². The normalized spacial score (nSPS) is 20.1. The minimum Gasteiger partial charge on any atom is -0.379 e. The minimum atomic E-state index is -9.71. The Labute approximate surface area is 154 Å². The van der Waals surface area contributed by atoms with E-state index in [1.54, 1.807) is 13.0 Å². The van der Waals surface area contributed by atoms with Crippen LogP contribution in [0.3, 0.4) is 0 Å². The second-order valence-electron chi connectivity index (χ2n) is 7.34. The summed E-state index contributed by atoms with van der Waals surface area (Å²) in [5.74, 6) is 0. The Morgan fingerprint density at radius 3 is 2.33 bits per heavy atom. The lowest BCUT2D eigenvalue weighted by atomic mass is 9.84. The van der Waals surface area contributed by atoms with Crippen molar-refractivity contribution in [3.63, 3.8) is 0 Å². The van der Waals surface area contributed by atoms with Crippen molar-refractivity contribution in [2.24, 2.45) is 0 Å². The van der Waals surface area contributed by atoms with Gasteiger partial charge in [0.25, 0.3) is 0 Å². The largest absolute Gasteiger partial charge is 0.379 e. The SMILES string of the molecule is Cc1cc(NC(C)c2cccc(S(F)(F)(F)(F)F)c2)cc(C2(C)COC2)n1. The molecule has 2 aromatic rings. The molecule has 1 aromatic heterocycles. The molecule has 1 aliphatic heterocycles. The van der Waals surface area contributed by atoms with Gasteiger partial charge in [0.15, 0.2) is 0 Å². The molecule has 0 bridgehead atoms. The molecule has 3 rings (SSSR count). The summed E-state index contributed by atoms with van der Waals surface area (Å²) in [6.45, 7) is 6.55. The molecule has 0 aliphatic carbocycles. The van der Waals surface area contributed by atoms with Crippen LogP contribution >= 0.6 is 10.2 Å². The summed E-state index contributed by atoms with van der Waals surface area (Å²) in [7, 11) is -9.71. The van der Waals surface area contributed by atoms with E-state index in [4.69, 9.17) is 4.74 Å². The fourth-order valence-electron chi connectivity index (χ4n) is 2.97. The zero-order valence-corrected chi connectivity index (χ0v) is 15.9. The Morgan fingerprint density at radius 1 is 1.11 bits per heavy atom. The van der Waals surface area contributed by atoms with Crippen molar-refractivity contribution in [3.05, 3.63) is 53.3 Å². The highest BCUT2D eigenvalue weighted by atomic mass is 32.5. The number of aryl methyl sites for hydroxylation is 1. The summed E-state index contributed by atoms with van der Waals surface area (Å²) in [6, 6.07) is 6.28. The molecule has 0 amide bonds. The molecule has 1 atom stereocenters. The minimum absolute atomic E-state index is 0.120. The van der Waals surface area contributed by atoms with E-state index in [0.717, 1.165) is 17.5 Å². The molecule has 2 heterocycles. The Balaban J connectivity index is 1.88. The molecular weight excluding hydrogens is 387 g/mol. The van der Waals surface area contributed by atoms with Gasteiger partial charge in [-0.05, 0) is 50.6 Å². The molecule has 1 N–H and O–H groups in total. The monoisotopic (exact) mass is 408 g/mol. The molecule has 1 saturated heterocycles. The van der Waals surface area contributed by atoms with Crippen LogP contribution in [0.15, 0.2) is 41.3 Å². The average molecular weight is 408 g/mol. The van der Waals surface area contributed by atoms with Gasteiger partial charge in [0.1, 0.15) is 4.90 Å². The number of pyridine rings is 1. The summed E-state index contributed by atoms with van der Waals surface area (Å²) >= 11 is 0. The number of nitrogens with one attached hydrogen (secondary N) is 1. The van der Waals surface area contributed by atoms with Gasteiger partial charge in [-0.25, -0.2) is 0 Å². The average Bonchev–Trinajstić information content (AvgIpc) is 2.50. The molecule has 0 radical (unpaired) electrons. The quantitative estimate of drug-likeness (QED) is 0.573. The summed E-state index contributed by atoms with van der Waals surface area (Å²) in [5.41, 5.74) is 2.15. The lowest BCUT2D eigenvalue weighted by Crippen LogP contribution is -2.44. The predicted octanol–water partition coefficient (Wildman–Crippen LogP) is 6.51. The van der Waals surface area contributed by atoms with Crippen LogP contribution < -0.4 is 5.32 Å². The van der Waals surface area contributed by atoms with E-state index in [-0.39, 0.29) is 11.0 Å². The van der Waals surface area contributed by atoms with E-state index >= 15 is 0 Å². The van der Waals surface area contributed by atoms with E-state index in [1.807, 2.05) is 19.9 Å². The van der Waals surface area contributed by atoms with Gasteiger partial charge < -0.3 is 10.1 Å². The van der Waals surface area contributed by atoms with Gasteiger partial charge >= 0.3 is 10.2 Å². The number of nitrogens with zero attached hydrogens (tertiary/aromatic N) is 1. The number of halogens is 5. The number of rotatable bonds is 5. The topological polar surface area (TPSA) is 34.1 Å². The fourth-order valence-corrected chi connectivity index (χ4v) is 3.67. The fraction of sp³-hybridized carbons (Fsp3) is 0.389. The van der Waals surface area contributed by atoms with Gasteiger partial charge in [-0.2, -0.15) is 0 Å². The predicted molar refractivity (Wildman–Crippen MR) is 97.0 cm³/mol. The lowest BCUT2D eigenvalue weighted by molar-refractivity contribution is -0.0521. The number of anilines is 1. The molecule has 9 heteroatoms. The third-order valence-electron chi connectivity index (χ3n) is 4.60. The first-order chi connectivity index (χ1) is 12.2. The molecule has 1 fully saturated rings. The third kappa shape index (κ3) is 4.35. The van der Waals surface area contributed by atoms with Gasteiger partial charge in [-0.3, -0.25) is 4.98 Å². The van der Waals surface area contributed by atoms with Crippen LogP contribution in [-0.4, -0.2) is 18.2 Å². The van der Waals surface area contributed by atoms with Crippen molar-refractivity contribution in [3.8, 4) is 0 Å². The molecule has 1 aliphatic rings. The molecule has 0 spiro atoms. The van der Waals surface area contributed by atoms with Gasteiger partial charge in [-0.15, -0.1) is 0 Å². The van der Waals surface area contributed by atoms with Crippen molar-refractivity contribution in [1.82, 2.24) is 4.98 Å². The maximum absolute atomic E-state index is 13.1. The van der Waals surface area contributed by atoms with Crippen LogP contribution in [-0.2, 0) is 10.2 Å². The van der Waals surface area contributed by atoms with Crippen LogP contribution in [0.2, 0.25) is 0 Å². The Bertz CT molecular complexity index is 882. The summed E-state index contributed by atoms with van der Waals surface area (Å²) in [5, 5.41) is 3.08. The van der Waals surface area contributed by atoms with Crippen LogP contribution in [0.4, 0.5) is 25.1 Å².